The summed E-state index contributed by atoms with van der Waals surface area (Å²) in [4.78, 5) is 0. The molecule has 0 aromatic carbocycles. The lowest BCUT2D eigenvalue weighted by Crippen LogP contribution is -2.25. The predicted molar refractivity (Wildman–Crippen MR) is 89.1 cm³/mol. The van der Waals surface area contributed by atoms with Crippen molar-refractivity contribution in [2.45, 2.75) is 65.8 Å². The van der Waals surface area contributed by atoms with Crippen LogP contribution in [0.2, 0.25) is 0 Å². The average molecular weight is 296 g/mol. The van der Waals surface area contributed by atoms with Crippen molar-refractivity contribution >= 4 is 0 Å². The second-order valence-electron chi connectivity index (χ2n) is 5.51. The smallest absolute Gasteiger partial charge is 0.119 e. The van der Waals surface area contributed by atoms with E-state index in [2.05, 4.69) is 32.6 Å². The Balaban J connectivity index is 0.000000370. The van der Waals surface area contributed by atoms with Gasteiger partial charge in [0.1, 0.15) is 6.10 Å². The van der Waals surface area contributed by atoms with Crippen LogP contribution in [0, 0.1) is 5.92 Å². The molecule has 0 aromatic heterocycles. The molecule has 21 heavy (non-hydrogen) atoms. The average Bonchev–Trinajstić information content (AvgIpc) is 3.13. The maximum Gasteiger partial charge on any atom is 0.119 e. The molecule has 2 saturated heterocycles. The first-order valence-electron chi connectivity index (χ1n) is 7.44. The van der Waals surface area contributed by atoms with E-state index in [0.29, 0.717) is 30.6 Å². The minimum atomic E-state index is -0.280. The Hall–Kier alpha value is -1.06. The zero-order valence-electron chi connectivity index (χ0n) is 12.9. The predicted octanol–water partition coefficient (Wildman–Crippen LogP) is 4.24. The van der Waals surface area contributed by atoms with Crippen molar-refractivity contribution in [3.63, 3.8) is 0 Å². The summed E-state index contributed by atoms with van der Waals surface area (Å²) in [7, 11) is 0. The fourth-order valence-corrected chi connectivity index (χ4v) is 2.28. The van der Waals surface area contributed by atoms with Crippen LogP contribution in [-0.4, -0.2) is 30.0 Å². The van der Waals surface area contributed by atoms with Gasteiger partial charge >= 0.3 is 0 Å². The molecule has 0 aromatic rings. The highest BCUT2D eigenvalue weighted by molar-refractivity contribution is 4.99. The monoisotopic (exact) mass is 296 g/mol. The van der Waals surface area contributed by atoms with Crippen LogP contribution in [0.1, 0.15) is 47.5 Å². The molecule has 2 aliphatic heterocycles. The molecule has 2 aliphatic rings. The van der Waals surface area contributed by atoms with E-state index in [4.69, 9.17) is 9.47 Å². The zero-order chi connectivity index (χ0) is 15.0. The van der Waals surface area contributed by atoms with Crippen molar-refractivity contribution < 1.29 is 14.6 Å². The number of epoxide rings is 1. The lowest BCUT2D eigenvalue weighted by Gasteiger charge is -2.26. The molecule has 0 radical (unpaired) electrons. The molecule has 2 fully saturated rings. The second kappa shape index (κ2) is 10.6. The molecule has 0 amide bonds. The van der Waals surface area contributed by atoms with E-state index >= 15 is 0 Å². The Kier molecular flexibility index (Phi) is 10.1. The maximum atomic E-state index is 9.30. The highest BCUT2D eigenvalue weighted by Crippen LogP contribution is 2.21. The summed E-state index contributed by atoms with van der Waals surface area (Å²) < 4.78 is 10.4. The Bertz CT molecular complexity index is 342. The number of hydrogen-bond donors (Lipinski definition) is 1. The van der Waals surface area contributed by atoms with E-state index < -0.39 is 0 Å². The van der Waals surface area contributed by atoms with Gasteiger partial charge in [-0.1, -0.05) is 39.2 Å². The molecule has 1 unspecified atom stereocenters. The highest BCUT2D eigenvalue weighted by Gasteiger charge is 2.23. The van der Waals surface area contributed by atoms with Gasteiger partial charge in [-0.25, -0.2) is 0 Å². The molecule has 4 atom stereocenters. The minimum Gasteiger partial charge on any atom is -0.491 e. The number of aliphatic hydroxyl groups is 1. The molecule has 3 heteroatoms. The van der Waals surface area contributed by atoms with Gasteiger partial charge in [0.05, 0.1) is 24.6 Å². The third-order valence-corrected chi connectivity index (χ3v) is 3.25. The molecule has 0 saturated carbocycles. The summed E-state index contributed by atoms with van der Waals surface area (Å²) in [5, 5.41) is 9.30. The summed E-state index contributed by atoms with van der Waals surface area (Å²) in [6.45, 7) is 10.9. The highest BCUT2D eigenvalue weighted by atomic mass is 16.6. The van der Waals surface area contributed by atoms with Crippen molar-refractivity contribution in [2.75, 3.05) is 6.61 Å². The van der Waals surface area contributed by atoms with Gasteiger partial charge in [-0.15, -0.1) is 0 Å². The third-order valence-electron chi connectivity index (χ3n) is 3.25. The molecule has 0 spiro atoms. The van der Waals surface area contributed by atoms with E-state index in [9.17, 15) is 5.11 Å². The van der Waals surface area contributed by atoms with E-state index in [0.717, 1.165) is 6.61 Å². The van der Waals surface area contributed by atoms with Crippen molar-refractivity contribution in [2.24, 2.45) is 5.92 Å². The van der Waals surface area contributed by atoms with Gasteiger partial charge in [-0.05, 0) is 32.3 Å². The number of ether oxygens (including phenoxy) is 2. The summed E-state index contributed by atoms with van der Waals surface area (Å²) in [5.41, 5.74) is 0. The summed E-state index contributed by atoms with van der Waals surface area (Å²) >= 11 is 0. The number of allylic oxidation sites excluding steroid dienone is 3. The van der Waals surface area contributed by atoms with Crippen molar-refractivity contribution in [1.29, 1.82) is 0 Å². The second-order valence-corrected chi connectivity index (χ2v) is 5.51. The normalized spacial score (nSPS) is 29.3. The van der Waals surface area contributed by atoms with E-state index in [1.54, 1.807) is 0 Å². The Morgan fingerprint density at radius 1 is 1.38 bits per heavy atom. The fourth-order valence-electron chi connectivity index (χ4n) is 2.28. The molecule has 0 bridgehead atoms. The van der Waals surface area contributed by atoms with Crippen LogP contribution >= 0.6 is 0 Å². The van der Waals surface area contributed by atoms with Gasteiger partial charge in [0.15, 0.2) is 0 Å². The third kappa shape index (κ3) is 9.48. The lowest BCUT2D eigenvalue weighted by molar-refractivity contribution is 0.0250. The summed E-state index contributed by atoms with van der Waals surface area (Å²) in [6, 6.07) is 0. The summed E-state index contributed by atoms with van der Waals surface area (Å²) in [6.07, 6.45) is 11.0. The van der Waals surface area contributed by atoms with Crippen LogP contribution in [-0.2, 0) is 9.47 Å². The molecule has 2 heterocycles. The van der Waals surface area contributed by atoms with Crippen molar-refractivity contribution in [3.8, 4) is 0 Å². The zero-order valence-corrected chi connectivity index (χ0v) is 12.9. The van der Waals surface area contributed by atoms with Crippen LogP contribution in [0.4, 0.5) is 0 Å². The summed E-state index contributed by atoms with van der Waals surface area (Å²) in [5.74, 6) is 1.38. The Labute approximate surface area is 130 Å². The molecular weight excluding hydrogens is 264 g/mol. The maximum absolute atomic E-state index is 9.30. The number of aliphatic hydroxyl groups excluding tert-OH is 1. The number of hydrogen-bond acceptors (Lipinski definition) is 3. The van der Waals surface area contributed by atoms with Gasteiger partial charge in [0.25, 0.3) is 0 Å². The van der Waals surface area contributed by atoms with Gasteiger partial charge in [0.2, 0.25) is 0 Å². The topological polar surface area (TPSA) is 42.0 Å². The molecule has 1 N–H and O–H groups in total. The van der Waals surface area contributed by atoms with Crippen LogP contribution in [0.25, 0.3) is 0 Å². The quantitative estimate of drug-likeness (QED) is 0.623. The Morgan fingerprint density at radius 3 is 2.52 bits per heavy atom. The van der Waals surface area contributed by atoms with Gasteiger partial charge < -0.3 is 14.6 Å². The van der Waals surface area contributed by atoms with Gasteiger partial charge in [-0.2, -0.15) is 0 Å². The van der Waals surface area contributed by atoms with E-state index in [-0.39, 0.29) is 19.6 Å². The largest absolute Gasteiger partial charge is 0.491 e. The Morgan fingerprint density at radius 2 is 2.05 bits per heavy atom. The van der Waals surface area contributed by atoms with Crippen LogP contribution < -0.4 is 0 Å². The van der Waals surface area contributed by atoms with Crippen LogP contribution in [0.15, 0.2) is 36.6 Å². The standard InChI is InChI=1S/C9H14O2.C8H14O.CH4/c1-3-4-9-6-8(10)5-7(2)11-9;1-3-4-7(2)5-8-6-9-8;/h3-4,8-10H,2,5-6H2,1H3;3-4,7-8H,5-6H2,1-2H3;1H4/t8-,9?;7-,8-;/m01./s1. The molecular formula is C18H32O3. The van der Waals surface area contributed by atoms with Crippen LogP contribution in [0.5, 0.6) is 0 Å². The molecule has 2 rings (SSSR count). The van der Waals surface area contributed by atoms with E-state index in [1.165, 1.54) is 6.42 Å². The first kappa shape index (κ1) is 19.9. The molecule has 3 nitrogen and oxygen atoms in total. The van der Waals surface area contributed by atoms with Crippen molar-refractivity contribution in [3.05, 3.63) is 36.6 Å². The van der Waals surface area contributed by atoms with Gasteiger partial charge in [0, 0.05) is 12.8 Å². The number of rotatable bonds is 4. The van der Waals surface area contributed by atoms with Crippen molar-refractivity contribution in [1.82, 2.24) is 0 Å². The minimum absolute atomic E-state index is 0. The molecule has 0 aliphatic carbocycles. The molecule has 122 valence electrons. The SMILES string of the molecule is C.C=C1C[C@H](O)CC(C=CC)O1.CC=C[C@@H](C)C[C@@H]1CO1. The first-order valence-corrected chi connectivity index (χ1v) is 7.44. The van der Waals surface area contributed by atoms with Crippen LogP contribution in [0.3, 0.4) is 0 Å². The fraction of sp³-hybridized carbons (Fsp3) is 0.667. The van der Waals surface area contributed by atoms with Gasteiger partial charge in [-0.3, -0.25) is 0 Å². The first-order chi connectivity index (χ1) is 9.55. The van der Waals surface area contributed by atoms with E-state index in [1.807, 2.05) is 19.1 Å². The lowest BCUT2D eigenvalue weighted by atomic mass is 10.0.